The third kappa shape index (κ3) is 2.25. The highest BCUT2D eigenvalue weighted by molar-refractivity contribution is 5.94. The molecule has 1 amide bonds. The summed E-state index contributed by atoms with van der Waals surface area (Å²) in [6.07, 6.45) is 5.24. The zero-order valence-electron chi connectivity index (χ0n) is 13.1. The van der Waals surface area contributed by atoms with Gasteiger partial charge in [0.1, 0.15) is 11.2 Å². The molecule has 0 spiro atoms. The molecule has 2 aromatic rings. The van der Waals surface area contributed by atoms with E-state index >= 15 is 0 Å². The predicted molar refractivity (Wildman–Crippen MR) is 86.3 cm³/mol. The molecule has 1 aliphatic carbocycles. The van der Waals surface area contributed by atoms with Crippen LogP contribution in [0.25, 0.3) is 5.65 Å². The average molecular weight is 312 g/mol. The van der Waals surface area contributed by atoms with Gasteiger partial charge in [-0.05, 0) is 43.2 Å². The second-order valence-electron chi connectivity index (χ2n) is 6.79. The molecule has 120 valence electrons. The number of carbonyl (C=O) groups is 1. The van der Waals surface area contributed by atoms with E-state index in [4.69, 9.17) is 5.73 Å². The van der Waals surface area contributed by atoms with Gasteiger partial charge in [0, 0.05) is 31.5 Å². The Balaban J connectivity index is 1.68. The third-order valence-electron chi connectivity index (χ3n) is 5.28. The smallest absolute Gasteiger partial charge is 0.270 e. The Kier molecular flexibility index (Phi) is 3.23. The van der Waals surface area contributed by atoms with Crippen molar-refractivity contribution in [3.8, 4) is 0 Å². The summed E-state index contributed by atoms with van der Waals surface area (Å²) in [5, 5.41) is 0. The molecule has 3 unspecified atom stereocenters. The van der Waals surface area contributed by atoms with Crippen LogP contribution < -0.4 is 11.3 Å². The van der Waals surface area contributed by atoms with Crippen LogP contribution in [0.5, 0.6) is 0 Å². The maximum Gasteiger partial charge on any atom is 0.270 e. The summed E-state index contributed by atoms with van der Waals surface area (Å²) in [4.78, 5) is 31.4. The molecule has 6 nitrogen and oxygen atoms in total. The highest BCUT2D eigenvalue weighted by Gasteiger charge is 2.43. The van der Waals surface area contributed by atoms with Crippen molar-refractivity contribution in [3.05, 3.63) is 46.0 Å². The van der Waals surface area contributed by atoms with E-state index in [-0.39, 0.29) is 23.1 Å². The Morgan fingerprint density at radius 1 is 1.30 bits per heavy atom. The fourth-order valence-electron chi connectivity index (χ4n) is 3.97. The first-order valence-electron chi connectivity index (χ1n) is 8.07. The van der Waals surface area contributed by atoms with Crippen molar-refractivity contribution in [1.29, 1.82) is 0 Å². The van der Waals surface area contributed by atoms with Gasteiger partial charge in [0.05, 0.1) is 0 Å². The van der Waals surface area contributed by atoms with Gasteiger partial charge in [0.2, 0.25) is 0 Å². The van der Waals surface area contributed by atoms with E-state index in [2.05, 4.69) is 4.98 Å². The van der Waals surface area contributed by atoms with Crippen LogP contribution in [-0.2, 0) is 0 Å². The number of aryl methyl sites for hydroxylation is 1. The monoisotopic (exact) mass is 312 g/mol. The van der Waals surface area contributed by atoms with Gasteiger partial charge in [-0.1, -0.05) is 6.07 Å². The molecule has 1 saturated carbocycles. The Morgan fingerprint density at radius 2 is 2.13 bits per heavy atom. The zero-order valence-corrected chi connectivity index (χ0v) is 13.1. The van der Waals surface area contributed by atoms with Gasteiger partial charge in [-0.2, -0.15) is 0 Å². The third-order valence-corrected chi connectivity index (χ3v) is 5.28. The minimum Gasteiger partial charge on any atom is -0.338 e. The molecule has 1 saturated heterocycles. The topological polar surface area (TPSA) is 80.7 Å². The van der Waals surface area contributed by atoms with Crippen LogP contribution in [0.2, 0.25) is 0 Å². The van der Waals surface area contributed by atoms with Crippen LogP contribution in [-0.4, -0.2) is 39.3 Å². The van der Waals surface area contributed by atoms with Gasteiger partial charge in [0.15, 0.2) is 0 Å². The summed E-state index contributed by atoms with van der Waals surface area (Å²) in [6, 6.07) is 3.85. The molecule has 6 heteroatoms. The molecule has 2 N–H and O–H groups in total. The van der Waals surface area contributed by atoms with Crippen LogP contribution in [0.1, 0.15) is 28.8 Å². The summed E-state index contributed by atoms with van der Waals surface area (Å²) in [6.45, 7) is 3.26. The SMILES string of the molecule is Cc1ccc2ncc(C(=O)N3CC4CCC(N)C4C3)c(=O)n2c1. The number of likely N-dealkylation sites (tertiary alicyclic amines) is 1. The van der Waals surface area contributed by atoms with E-state index in [0.29, 0.717) is 30.6 Å². The molecule has 2 aliphatic rings. The number of fused-ring (bicyclic) bond motifs is 2. The quantitative estimate of drug-likeness (QED) is 0.845. The summed E-state index contributed by atoms with van der Waals surface area (Å²) >= 11 is 0. The number of carbonyl (C=O) groups excluding carboxylic acids is 1. The molecule has 1 aliphatic heterocycles. The molecule has 0 aromatic carbocycles. The number of nitrogens with two attached hydrogens (primary N) is 1. The van der Waals surface area contributed by atoms with Gasteiger partial charge >= 0.3 is 0 Å². The van der Waals surface area contributed by atoms with Gasteiger partial charge < -0.3 is 10.6 Å². The van der Waals surface area contributed by atoms with E-state index in [1.807, 2.05) is 13.0 Å². The number of nitrogens with zero attached hydrogens (tertiary/aromatic N) is 3. The molecule has 0 bridgehead atoms. The number of aromatic nitrogens is 2. The minimum absolute atomic E-state index is 0.140. The Labute approximate surface area is 133 Å². The van der Waals surface area contributed by atoms with E-state index in [1.165, 1.54) is 10.6 Å². The second-order valence-corrected chi connectivity index (χ2v) is 6.79. The maximum absolute atomic E-state index is 12.8. The van der Waals surface area contributed by atoms with Crippen molar-refractivity contribution < 1.29 is 4.79 Å². The summed E-state index contributed by atoms with van der Waals surface area (Å²) in [7, 11) is 0. The van der Waals surface area contributed by atoms with Crippen molar-refractivity contribution >= 4 is 11.6 Å². The van der Waals surface area contributed by atoms with Gasteiger partial charge in [-0.25, -0.2) is 4.98 Å². The highest BCUT2D eigenvalue weighted by Crippen LogP contribution is 2.37. The van der Waals surface area contributed by atoms with Crippen LogP contribution in [0, 0.1) is 18.8 Å². The van der Waals surface area contributed by atoms with Crippen molar-refractivity contribution in [1.82, 2.24) is 14.3 Å². The van der Waals surface area contributed by atoms with Crippen molar-refractivity contribution in [2.45, 2.75) is 25.8 Å². The molecular weight excluding hydrogens is 292 g/mol. The summed E-state index contributed by atoms with van der Waals surface area (Å²) in [5.41, 5.74) is 7.47. The molecule has 0 radical (unpaired) electrons. The highest BCUT2D eigenvalue weighted by atomic mass is 16.2. The number of rotatable bonds is 1. The fraction of sp³-hybridized carbons (Fsp3) is 0.471. The average Bonchev–Trinajstić information content (AvgIpc) is 3.10. The Hall–Kier alpha value is -2.21. The second kappa shape index (κ2) is 5.16. The maximum atomic E-state index is 12.8. The predicted octanol–water partition coefficient (Wildman–Crippen LogP) is 0.812. The number of hydrogen-bond acceptors (Lipinski definition) is 4. The summed E-state index contributed by atoms with van der Waals surface area (Å²) in [5.74, 6) is 0.629. The number of pyridine rings is 1. The van der Waals surface area contributed by atoms with Crippen molar-refractivity contribution in [2.24, 2.45) is 17.6 Å². The Morgan fingerprint density at radius 3 is 2.91 bits per heavy atom. The van der Waals surface area contributed by atoms with Gasteiger partial charge in [0.25, 0.3) is 11.5 Å². The van der Waals surface area contributed by atoms with Crippen LogP contribution in [0.4, 0.5) is 0 Å². The van der Waals surface area contributed by atoms with Crippen LogP contribution in [0.3, 0.4) is 0 Å². The number of hydrogen-bond donors (Lipinski definition) is 1. The molecule has 2 aromatic heterocycles. The molecule has 3 atom stereocenters. The van der Waals surface area contributed by atoms with E-state index in [9.17, 15) is 9.59 Å². The first-order valence-corrected chi connectivity index (χ1v) is 8.07. The summed E-state index contributed by atoms with van der Waals surface area (Å²) < 4.78 is 1.45. The lowest BCUT2D eigenvalue weighted by molar-refractivity contribution is 0.0777. The lowest BCUT2D eigenvalue weighted by Gasteiger charge is -2.18. The first-order chi connectivity index (χ1) is 11.0. The minimum atomic E-state index is -0.301. The Bertz CT molecular complexity index is 844. The largest absolute Gasteiger partial charge is 0.338 e. The van der Waals surface area contributed by atoms with Crippen molar-refractivity contribution in [2.75, 3.05) is 13.1 Å². The van der Waals surface area contributed by atoms with Crippen LogP contribution >= 0.6 is 0 Å². The molecule has 2 fully saturated rings. The van der Waals surface area contributed by atoms with Crippen molar-refractivity contribution in [3.63, 3.8) is 0 Å². The normalized spacial score (nSPS) is 26.7. The van der Waals surface area contributed by atoms with E-state index < -0.39 is 0 Å². The number of amides is 1. The van der Waals surface area contributed by atoms with Gasteiger partial charge in [-0.3, -0.25) is 14.0 Å². The first kappa shape index (κ1) is 14.4. The van der Waals surface area contributed by atoms with E-state index in [0.717, 1.165) is 18.4 Å². The zero-order chi connectivity index (χ0) is 16.1. The van der Waals surface area contributed by atoms with E-state index in [1.54, 1.807) is 17.2 Å². The molecule has 4 rings (SSSR count). The van der Waals surface area contributed by atoms with Crippen LogP contribution in [0.15, 0.2) is 29.3 Å². The molecule has 3 heterocycles. The lowest BCUT2D eigenvalue weighted by Crippen LogP contribution is -2.36. The van der Waals surface area contributed by atoms with Gasteiger partial charge in [-0.15, -0.1) is 0 Å². The fourth-order valence-corrected chi connectivity index (χ4v) is 3.97. The lowest BCUT2D eigenvalue weighted by atomic mass is 9.98. The molecule has 23 heavy (non-hydrogen) atoms. The standard InChI is InChI=1S/C17H20N4O2/c1-10-2-5-15-19-6-12(17(23)21(15)7-10)16(22)20-8-11-3-4-14(18)13(11)9-20/h2,5-7,11,13-14H,3-4,8-9,18H2,1H3. The molecular formula is C17H20N4O2.